The van der Waals surface area contributed by atoms with Gasteiger partial charge in [0.2, 0.25) is 5.91 Å². The van der Waals surface area contributed by atoms with Crippen molar-refractivity contribution in [1.82, 2.24) is 10.2 Å². The maximum Gasteiger partial charge on any atom is 0.416 e. The van der Waals surface area contributed by atoms with Crippen LogP contribution in [0.25, 0.3) is 0 Å². The zero-order valence-electron chi connectivity index (χ0n) is 13.1. The number of hydrogen-bond donors (Lipinski definition) is 2. The number of amides is 1. The third kappa shape index (κ3) is 3.64. The Balaban J connectivity index is 1.60. The van der Waals surface area contributed by atoms with E-state index >= 15 is 0 Å². The highest BCUT2D eigenvalue weighted by Gasteiger charge is 2.34. The van der Waals surface area contributed by atoms with Crippen molar-refractivity contribution in [2.75, 3.05) is 37.6 Å². The quantitative estimate of drug-likeness (QED) is 0.844. The molecule has 0 aromatic heterocycles. The van der Waals surface area contributed by atoms with Crippen LogP contribution in [-0.2, 0) is 11.0 Å². The van der Waals surface area contributed by atoms with E-state index in [9.17, 15) is 23.1 Å². The van der Waals surface area contributed by atoms with Gasteiger partial charge < -0.3 is 20.2 Å². The summed E-state index contributed by atoms with van der Waals surface area (Å²) < 4.78 is 38.4. The van der Waals surface area contributed by atoms with Gasteiger partial charge in [-0.05, 0) is 24.6 Å². The highest BCUT2D eigenvalue weighted by Crippen LogP contribution is 2.31. The average Bonchev–Trinajstić information content (AvgIpc) is 3.00. The Bertz CT molecular complexity index is 600. The van der Waals surface area contributed by atoms with E-state index in [1.807, 2.05) is 4.90 Å². The van der Waals surface area contributed by atoms with Crippen molar-refractivity contribution in [3.63, 3.8) is 0 Å². The lowest BCUT2D eigenvalue weighted by molar-refractivity contribution is -0.137. The monoisotopic (exact) mass is 343 g/mol. The van der Waals surface area contributed by atoms with Crippen LogP contribution in [0.4, 0.5) is 18.9 Å². The third-order valence-corrected chi connectivity index (χ3v) is 4.54. The van der Waals surface area contributed by atoms with Crippen molar-refractivity contribution in [2.24, 2.45) is 0 Å². The van der Waals surface area contributed by atoms with Crippen LogP contribution in [0.2, 0.25) is 0 Å². The molecule has 1 aromatic rings. The Hall–Kier alpha value is -1.80. The molecule has 0 spiro atoms. The molecule has 2 aliphatic heterocycles. The van der Waals surface area contributed by atoms with Gasteiger partial charge in [0.15, 0.2) is 0 Å². The Morgan fingerprint density at radius 3 is 2.50 bits per heavy atom. The second-order valence-corrected chi connectivity index (χ2v) is 6.21. The summed E-state index contributed by atoms with van der Waals surface area (Å²) in [5, 5.41) is 12.5. The molecular formula is C16H20F3N3O2. The zero-order chi connectivity index (χ0) is 17.3. The number of alkyl halides is 3. The average molecular weight is 343 g/mol. The predicted octanol–water partition coefficient (Wildman–Crippen LogP) is 1.08. The fourth-order valence-electron chi connectivity index (χ4n) is 3.19. The summed E-state index contributed by atoms with van der Waals surface area (Å²) in [6, 6.07) is 4.90. The first-order valence-corrected chi connectivity index (χ1v) is 7.97. The molecule has 0 saturated carbocycles. The normalized spacial score (nSPS) is 25.2. The Morgan fingerprint density at radius 2 is 1.92 bits per heavy atom. The van der Waals surface area contributed by atoms with E-state index in [-0.39, 0.29) is 11.9 Å². The summed E-state index contributed by atoms with van der Waals surface area (Å²) in [5.41, 5.74) is -0.144. The van der Waals surface area contributed by atoms with Gasteiger partial charge >= 0.3 is 6.18 Å². The van der Waals surface area contributed by atoms with Crippen molar-refractivity contribution in [3.05, 3.63) is 29.8 Å². The molecule has 1 amide bonds. The molecule has 2 atom stereocenters. The van der Waals surface area contributed by atoms with Gasteiger partial charge in [-0.3, -0.25) is 4.79 Å². The second kappa shape index (κ2) is 6.60. The number of carbonyl (C=O) groups excluding carboxylic acids is 1. The fourth-order valence-corrected chi connectivity index (χ4v) is 3.19. The molecule has 0 aliphatic carbocycles. The lowest BCUT2D eigenvalue weighted by atomic mass is 10.1. The summed E-state index contributed by atoms with van der Waals surface area (Å²) in [7, 11) is 0. The number of hydrogen-bond acceptors (Lipinski definition) is 4. The number of β-amino-alcohol motifs (C(OH)–C–C–N with tert-alkyl or cyclic N) is 1. The van der Waals surface area contributed by atoms with Crippen molar-refractivity contribution in [2.45, 2.75) is 24.7 Å². The molecule has 2 saturated heterocycles. The van der Waals surface area contributed by atoms with E-state index in [1.165, 1.54) is 6.07 Å². The number of anilines is 1. The van der Waals surface area contributed by atoms with Gasteiger partial charge in [0.1, 0.15) is 0 Å². The number of halogens is 3. The van der Waals surface area contributed by atoms with Crippen molar-refractivity contribution in [1.29, 1.82) is 0 Å². The summed E-state index contributed by atoms with van der Waals surface area (Å²) in [6.07, 6.45) is -4.44. The van der Waals surface area contributed by atoms with Crippen LogP contribution in [0.5, 0.6) is 0 Å². The third-order valence-electron chi connectivity index (χ3n) is 4.54. The highest BCUT2D eigenvalue weighted by atomic mass is 19.4. The standard InChI is InChI=1S/C16H20F3N3O2/c17-16(18,19)11-2-1-3-12(8-11)21-4-6-22(7-5-21)15(24)14-9-13(23)10-20-14/h1-3,8,13-14,20,23H,4-7,9-10H2/t13-,14-/m1/s1. The molecule has 5 nitrogen and oxygen atoms in total. The summed E-state index contributed by atoms with van der Waals surface area (Å²) in [4.78, 5) is 15.9. The molecule has 3 rings (SSSR count). The first kappa shape index (κ1) is 17.0. The fraction of sp³-hybridized carbons (Fsp3) is 0.562. The molecular weight excluding hydrogens is 323 g/mol. The van der Waals surface area contributed by atoms with Gasteiger partial charge in [0, 0.05) is 38.4 Å². The van der Waals surface area contributed by atoms with E-state index in [4.69, 9.17) is 0 Å². The van der Waals surface area contributed by atoms with Gasteiger partial charge in [-0.15, -0.1) is 0 Å². The molecule has 0 unspecified atom stereocenters. The summed E-state index contributed by atoms with van der Waals surface area (Å²) >= 11 is 0. The van der Waals surface area contributed by atoms with Gasteiger partial charge in [-0.25, -0.2) is 0 Å². The van der Waals surface area contributed by atoms with Gasteiger partial charge in [0.05, 0.1) is 17.7 Å². The van der Waals surface area contributed by atoms with Crippen LogP contribution in [0.1, 0.15) is 12.0 Å². The molecule has 2 aliphatic rings. The summed E-state index contributed by atoms with van der Waals surface area (Å²) in [5.74, 6) is -0.0461. The number of piperazine rings is 1. The van der Waals surface area contributed by atoms with E-state index in [1.54, 1.807) is 11.0 Å². The molecule has 2 heterocycles. The van der Waals surface area contributed by atoms with Crippen LogP contribution < -0.4 is 10.2 Å². The van der Waals surface area contributed by atoms with Gasteiger partial charge in [-0.2, -0.15) is 13.2 Å². The minimum absolute atomic E-state index is 0.0461. The van der Waals surface area contributed by atoms with Crippen LogP contribution in [0, 0.1) is 0 Å². The van der Waals surface area contributed by atoms with Crippen LogP contribution in [0.15, 0.2) is 24.3 Å². The molecule has 132 valence electrons. The Kier molecular flexibility index (Phi) is 4.69. The lowest BCUT2D eigenvalue weighted by Gasteiger charge is -2.37. The number of carbonyl (C=O) groups is 1. The molecule has 8 heteroatoms. The molecule has 2 fully saturated rings. The number of nitrogens with zero attached hydrogens (tertiary/aromatic N) is 2. The van der Waals surface area contributed by atoms with E-state index in [2.05, 4.69) is 5.32 Å². The lowest BCUT2D eigenvalue weighted by Crippen LogP contribution is -2.53. The molecule has 1 aromatic carbocycles. The first-order chi connectivity index (χ1) is 11.3. The van der Waals surface area contributed by atoms with E-state index < -0.39 is 17.8 Å². The number of aliphatic hydroxyl groups is 1. The Labute approximate surface area is 138 Å². The van der Waals surface area contributed by atoms with Crippen molar-refractivity contribution >= 4 is 11.6 Å². The summed E-state index contributed by atoms with van der Waals surface area (Å²) in [6.45, 7) is 2.32. The van der Waals surface area contributed by atoms with Crippen LogP contribution >= 0.6 is 0 Å². The number of aliphatic hydroxyl groups excluding tert-OH is 1. The van der Waals surface area contributed by atoms with Crippen molar-refractivity contribution in [3.8, 4) is 0 Å². The van der Waals surface area contributed by atoms with Crippen molar-refractivity contribution < 1.29 is 23.1 Å². The number of nitrogens with one attached hydrogen (secondary N) is 1. The molecule has 0 radical (unpaired) electrons. The predicted molar refractivity (Wildman–Crippen MR) is 82.7 cm³/mol. The smallest absolute Gasteiger partial charge is 0.392 e. The maximum absolute atomic E-state index is 12.8. The number of benzene rings is 1. The maximum atomic E-state index is 12.8. The molecule has 0 bridgehead atoms. The highest BCUT2D eigenvalue weighted by molar-refractivity contribution is 5.82. The Morgan fingerprint density at radius 1 is 1.21 bits per heavy atom. The topological polar surface area (TPSA) is 55.8 Å². The van der Waals surface area contributed by atoms with E-state index in [0.717, 1.165) is 12.1 Å². The minimum Gasteiger partial charge on any atom is -0.392 e. The van der Waals surface area contributed by atoms with Gasteiger partial charge in [-0.1, -0.05) is 6.07 Å². The van der Waals surface area contributed by atoms with Gasteiger partial charge in [0.25, 0.3) is 0 Å². The SMILES string of the molecule is O=C([C@H]1C[C@@H](O)CN1)N1CCN(c2cccc(C(F)(F)F)c2)CC1. The second-order valence-electron chi connectivity index (χ2n) is 6.21. The van der Waals surface area contributed by atoms with Crippen LogP contribution in [0.3, 0.4) is 0 Å². The first-order valence-electron chi connectivity index (χ1n) is 7.97. The number of rotatable bonds is 2. The van der Waals surface area contributed by atoms with E-state index in [0.29, 0.717) is 44.8 Å². The van der Waals surface area contributed by atoms with Crippen LogP contribution in [-0.4, -0.2) is 60.8 Å². The molecule has 2 N–H and O–H groups in total. The molecule has 24 heavy (non-hydrogen) atoms. The zero-order valence-corrected chi connectivity index (χ0v) is 13.1. The minimum atomic E-state index is -4.36. The largest absolute Gasteiger partial charge is 0.416 e.